The van der Waals surface area contributed by atoms with Crippen LogP contribution in [0.15, 0.2) is 12.3 Å². The zero-order chi connectivity index (χ0) is 14.4. The Balaban J connectivity index is 1.87. The summed E-state index contributed by atoms with van der Waals surface area (Å²) in [4.78, 5) is 14.3. The number of carbonyl (C=O) groups is 1. The van der Waals surface area contributed by atoms with E-state index >= 15 is 0 Å². The number of nitrogens with two attached hydrogens (primary N) is 1. The van der Waals surface area contributed by atoms with Gasteiger partial charge in [0.2, 0.25) is 5.91 Å². The molecule has 0 aromatic carbocycles. The van der Waals surface area contributed by atoms with Crippen LogP contribution in [-0.4, -0.2) is 59.5 Å². The minimum atomic E-state index is -0.205. The van der Waals surface area contributed by atoms with E-state index < -0.39 is 0 Å². The van der Waals surface area contributed by atoms with Gasteiger partial charge in [0, 0.05) is 25.8 Å². The molecule has 1 unspecified atom stereocenters. The first-order chi connectivity index (χ1) is 9.70. The summed E-state index contributed by atoms with van der Waals surface area (Å²) in [6, 6.07) is 1.56. The molecule has 1 aliphatic heterocycles. The maximum Gasteiger partial charge on any atom is 0.239 e. The van der Waals surface area contributed by atoms with Gasteiger partial charge in [-0.2, -0.15) is 5.10 Å². The lowest BCUT2D eigenvalue weighted by atomic mass is 10.2. The summed E-state index contributed by atoms with van der Waals surface area (Å²) in [5.41, 5.74) is 5.59. The zero-order valence-electron chi connectivity index (χ0n) is 11.9. The Kier molecular flexibility index (Phi) is 5.37. The summed E-state index contributed by atoms with van der Waals surface area (Å²) >= 11 is 0. The molecule has 2 rings (SSSR count). The monoisotopic (exact) mass is 281 g/mol. The number of ether oxygens (including phenoxy) is 1. The van der Waals surface area contributed by atoms with Crippen LogP contribution in [0.2, 0.25) is 0 Å². The maximum atomic E-state index is 12.1. The highest BCUT2D eigenvalue weighted by atomic mass is 16.5. The molecule has 1 atom stereocenters. The SMILES string of the molecule is CCCNC(=O)C1COCCN1CCn1ccc(N)n1. The zero-order valence-corrected chi connectivity index (χ0v) is 11.9. The molecule has 1 fully saturated rings. The van der Waals surface area contributed by atoms with Crippen molar-refractivity contribution in [3.8, 4) is 0 Å². The number of nitrogen functional groups attached to an aromatic ring is 1. The number of carbonyl (C=O) groups excluding carboxylic acids is 1. The first-order valence-electron chi connectivity index (χ1n) is 7.09. The molecule has 112 valence electrons. The fraction of sp³-hybridized carbons (Fsp3) is 0.692. The van der Waals surface area contributed by atoms with Crippen molar-refractivity contribution in [2.75, 3.05) is 38.6 Å². The number of nitrogens with zero attached hydrogens (tertiary/aromatic N) is 3. The quantitative estimate of drug-likeness (QED) is 0.747. The van der Waals surface area contributed by atoms with Gasteiger partial charge >= 0.3 is 0 Å². The second-order valence-corrected chi connectivity index (χ2v) is 4.92. The van der Waals surface area contributed by atoms with E-state index in [2.05, 4.69) is 15.3 Å². The number of nitrogens with one attached hydrogen (secondary N) is 1. The summed E-state index contributed by atoms with van der Waals surface area (Å²) in [6.07, 6.45) is 2.79. The Morgan fingerprint density at radius 2 is 2.45 bits per heavy atom. The molecule has 1 saturated heterocycles. The molecule has 20 heavy (non-hydrogen) atoms. The third-order valence-corrected chi connectivity index (χ3v) is 3.37. The van der Waals surface area contributed by atoms with Gasteiger partial charge in [-0.1, -0.05) is 6.92 Å². The lowest BCUT2D eigenvalue weighted by Crippen LogP contribution is -2.54. The van der Waals surface area contributed by atoms with Crippen LogP contribution < -0.4 is 11.1 Å². The van der Waals surface area contributed by atoms with E-state index in [1.807, 2.05) is 13.1 Å². The molecular formula is C13H23N5O2. The Morgan fingerprint density at radius 1 is 1.60 bits per heavy atom. The van der Waals surface area contributed by atoms with Crippen LogP contribution in [0.1, 0.15) is 13.3 Å². The van der Waals surface area contributed by atoms with E-state index in [4.69, 9.17) is 10.5 Å². The predicted octanol–water partition coefficient (Wildman–Crippen LogP) is -0.308. The Morgan fingerprint density at radius 3 is 3.15 bits per heavy atom. The van der Waals surface area contributed by atoms with Crippen LogP contribution in [0.4, 0.5) is 5.82 Å². The van der Waals surface area contributed by atoms with Crippen LogP contribution in [-0.2, 0) is 16.1 Å². The van der Waals surface area contributed by atoms with Crippen LogP contribution in [0.25, 0.3) is 0 Å². The number of amides is 1. The summed E-state index contributed by atoms with van der Waals surface area (Å²) in [6.45, 7) is 6.11. The third kappa shape index (κ3) is 3.94. The number of anilines is 1. The summed E-state index contributed by atoms with van der Waals surface area (Å²) < 4.78 is 7.22. The van der Waals surface area contributed by atoms with E-state index in [1.165, 1.54) is 0 Å². The number of hydrogen-bond donors (Lipinski definition) is 2. The molecule has 1 amide bonds. The molecule has 0 radical (unpaired) electrons. The Labute approximate surface area is 119 Å². The molecule has 7 nitrogen and oxygen atoms in total. The van der Waals surface area contributed by atoms with Gasteiger partial charge in [-0.3, -0.25) is 14.4 Å². The van der Waals surface area contributed by atoms with Crippen molar-refractivity contribution in [2.45, 2.75) is 25.9 Å². The minimum absolute atomic E-state index is 0.0477. The first-order valence-corrected chi connectivity index (χ1v) is 7.09. The van der Waals surface area contributed by atoms with E-state index in [-0.39, 0.29) is 11.9 Å². The first kappa shape index (κ1) is 14.8. The van der Waals surface area contributed by atoms with Gasteiger partial charge in [-0.05, 0) is 12.5 Å². The highest BCUT2D eigenvalue weighted by Crippen LogP contribution is 2.08. The van der Waals surface area contributed by atoms with Gasteiger partial charge in [0.1, 0.15) is 11.9 Å². The topological polar surface area (TPSA) is 85.4 Å². The average molecular weight is 281 g/mol. The summed E-state index contributed by atoms with van der Waals surface area (Å²) in [5, 5.41) is 7.08. The van der Waals surface area contributed by atoms with Crippen molar-refractivity contribution in [2.24, 2.45) is 0 Å². The van der Waals surface area contributed by atoms with Crippen molar-refractivity contribution in [1.29, 1.82) is 0 Å². The maximum absolute atomic E-state index is 12.1. The Hall–Kier alpha value is -1.60. The molecule has 1 aliphatic rings. The van der Waals surface area contributed by atoms with Gasteiger partial charge in [0.25, 0.3) is 0 Å². The van der Waals surface area contributed by atoms with E-state index in [9.17, 15) is 4.79 Å². The number of hydrogen-bond acceptors (Lipinski definition) is 5. The van der Waals surface area contributed by atoms with Crippen molar-refractivity contribution < 1.29 is 9.53 Å². The molecule has 3 N–H and O–H groups in total. The predicted molar refractivity (Wildman–Crippen MR) is 76.1 cm³/mol. The van der Waals surface area contributed by atoms with Gasteiger partial charge in [-0.15, -0.1) is 0 Å². The van der Waals surface area contributed by atoms with Gasteiger partial charge < -0.3 is 15.8 Å². The normalized spacial score (nSPS) is 19.9. The number of rotatable bonds is 6. The highest BCUT2D eigenvalue weighted by Gasteiger charge is 2.28. The summed E-state index contributed by atoms with van der Waals surface area (Å²) in [7, 11) is 0. The van der Waals surface area contributed by atoms with Gasteiger partial charge in [-0.25, -0.2) is 0 Å². The van der Waals surface area contributed by atoms with Crippen LogP contribution in [0, 0.1) is 0 Å². The minimum Gasteiger partial charge on any atom is -0.382 e. The molecule has 1 aromatic heterocycles. The van der Waals surface area contributed by atoms with Crippen molar-refractivity contribution in [1.82, 2.24) is 20.0 Å². The molecule has 7 heteroatoms. The summed E-state index contributed by atoms with van der Waals surface area (Å²) in [5.74, 6) is 0.566. The Bertz CT molecular complexity index is 434. The standard InChI is InChI=1S/C13H23N5O2/c1-2-4-15-13(19)11-10-20-9-8-17(11)6-7-18-5-3-12(14)16-18/h3,5,11H,2,4,6-10H2,1H3,(H2,14,16)(H,15,19). The molecule has 0 spiro atoms. The fourth-order valence-electron chi connectivity index (χ4n) is 2.25. The molecule has 0 saturated carbocycles. The lowest BCUT2D eigenvalue weighted by molar-refractivity contribution is -0.132. The second kappa shape index (κ2) is 7.25. The largest absolute Gasteiger partial charge is 0.382 e. The van der Waals surface area contributed by atoms with E-state index in [0.29, 0.717) is 25.6 Å². The van der Waals surface area contributed by atoms with Gasteiger partial charge in [0.05, 0.1) is 19.8 Å². The van der Waals surface area contributed by atoms with Crippen LogP contribution in [0.5, 0.6) is 0 Å². The van der Waals surface area contributed by atoms with Crippen molar-refractivity contribution in [3.05, 3.63) is 12.3 Å². The third-order valence-electron chi connectivity index (χ3n) is 3.37. The van der Waals surface area contributed by atoms with Crippen LogP contribution >= 0.6 is 0 Å². The number of aromatic nitrogens is 2. The van der Waals surface area contributed by atoms with Crippen molar-refractivity contribution >= 4 is 11.7 Å². The highest BCUT2D eigenvalue weighted by molar-refractivity contribution is 5.81. The van der Waals surface area contributed by atoms with Gasteiger partial charge in [0.15, 0.2) is 0 Å². The van der Waals surface area contributed by atoms with E-state index in [0.717, 1.165) is 26.1 Å². The lowest BCUT2D eigenvalue weighted by Gasteiger charge is -2.34. The molecule has 1 aromatic rings. The molecule has 2 heterocycles. The van der Waals surface area contributed by atoms with Crippen LogP contribution in [0.3, 0.4) is 0 Å². The number of morpholine rings is 1. The molecular weight excluding hydrogens is 258 g/mol. The smallest absolute Gasteiger partial charge is 0.239 e. The van der Waals surface area contributed by atoms with Crippen molar-refractivity contribution in [3.63, 3.8) is 0 Å². The fourth-order valence-corrected chi connectivity index (χ4v) is 2.25. The second-order valence-electron chi connectivity index (χ2n) is 4.92. The average Bonchev–Trinajstić information content (AvgIpc) is 2.88. The molecule has 0 bridgehead atoms. The molecule has 0 aliphatic carbocycles. The van der Waals surface area contributed by atoms with E-state index in [1.54, 1.807) is 10.7 Å².